The number of hydrogen-bond donors (Lipinski definition) is 0. The van der Waals surface area contributed by atoms with Gasteiger partial charge in [-0.15, -0.1) is 0 Å². The molecule has 0 fully saturated rings. The predicted octanol–water partition coefficient (Wildman–Crippen LogP) is 6.64. The quantitative estimate of drug-likeness (QED) is 0.236. The van der Waals surface area contributed by atoms with Crippen molar-refractivity contribution in [3.8, 4) is 5.88 Å². The highest BCUT2D eigenvalue weighted by molar-refractivity contribution is 5.83. The van der Waals surface area contributed by atoms with Crippen LogP contribution in [0.2, 0.25) is 0 Å². The third-order valence-corrected chi connectivity index (χ3v) is 4.95. The first kappa shape index (κ1) is 21.9. The minimum atomic E-state index is -0.384. The van der Waals surface area contributed by atoms with E-state index in [1.807, 2.05) is 36.5 Å². The Morgan fingerprint density at radius 2 is 1.75 bits per heavy atom. The number of benzene rings is 1. The summed E-state index contributed by atoms with van der Waals surface area (Å²) in [6, 6.07) is 14.0. The maximum Gasteiger partial charge on any atom is 0.337 e. The lowest BCUT2D eigenvalue weighted by atomic mass is 9.96. The van der Waals surface area contributed by atoms with Crippen LogP contribution in [0.3, 0.4) is 0 Å². The van der Waals surface area contributed by atoms with Gasteiger partial charge in [-0.1, -0.05) is 88.4 Å². The van der Waals surface area contributed by atoms with Crippen molar-refractivity contribution >= 4 is 5.97 Å². The predicted molar refractivity (Wildman–Crippen MR) is 116 cm³/mol. The van der Waals surface area contributed by atoms with Gasteiger partial charge in [0, 0.05) is 24.3 Å². The van der Waals surface area contributed by atoms with Crippen LogP contribution in [0, 0.1) is 0 Å². The van der Waals surface area contributed by atoms with Crippen molar-refractivity contribution < 1.29 is 9.53 Å². The maximum atomic E-state index is 12.1. The summed E-state index contributed by atoms with van der Waals surface area (Å²) in [7, 11) is 0. The average molecular weight is 380 g/mol. The van der Waals surface area contributed by atoms with Crippen LogP contribution in [0.25, 0.3) is 0 Å². The van der Waals surface area contributed by atoms with Crippen LogP contribution in [-0.2, 0) is 11.2 Å². The zero-order valence-corrected chi connectivity index (χ0v) is 17.3. The fraction of sp³-hybridized carbons (Fsp3) is 0.440. The van der Waals surface area contributed by atoms with Gasteiger partial charge in [0.05, 0.1) is 0 Å². The number of nitrogens with zero attached hydrogens (tertiary/aromatic N) is 1. The van der Waals surface area contributed by atoms with E-state index >= 15 is 0 Å². The largest absolute Gasteiger partial charge is 0.404 e. The third-order valence-electron chi connectivity index (χ3n) is 4.95. The molecule has 0 saturated carbocycles. The Labute approximate surface area is 169 Å². The van der Waals surface area contributed by atoms with E-state index in [2.05, 4.69) is 31.0 Å². The molecular weight excluding hydrogens is 346 g/mol. The van der Waals surface area contributed by atoms with Gasteiger partial charge in [-0.2, -0.15) is 0 Å². The third kappa shape index (κ3) is 8.08. The topological polar surface area (TPSA) is 39.2 Å². The molecule has 2 aromatic rings. The van der Waals surface area contributed by atoms with Crippen LogP contribution in [0.5, 0.6) is 5.88 Å². The molecule has 0 N–H and O–H groups in total. The summed E-state index contributed by atoms with van der Waals surface area (Å²) in [5, 5.41) is 0. The minimum Gasteiger partial charge on any atom is -0.404 e. The van der Waals surface area contributed by atoms with Gasteiger partial charge >= 0.3 is 5.97 Å². The molecule has 0 bridgehead atoms. The first-order valence-corrected chi connectivity index (χ1v) is 10.6. The van der Waals surface area contributed by atoms with Crippen molar-refractivity contribution in [1.82, 2.24) is 4.98 Å². The first-order valence-electron chi connectivity index (χ1n) is 10.6. The molecule has 3 heteroatoms. The molecule has 3 nitrogen and oxygen atoms in total. The monoisotopic (exact) mass is 379 g/mol. The summed E-state index contributed by atoms with van der Waals surface area (Å²) < 4.78 is 5.33. The fourth-order valence-corrected chi connectivity index (χ4v) is 3.24. The average Bonchev–Trinajstić information content (AvgIpc) is 2.73. The molecule has 0 aliphatic rings. The summed E-state index contributed by atoms with van der Waals surface area (Å²) in [5.41, 5.74) is 2.40. The Morgan fingerprint density at radius 3 is 2.43 bits per heavy atom. The van der Waals surface area contributed by atoms with Crippen molar-refractivity contribution in [2.24, 2.45) is 0 Å². The summed E-state index contributed by atoms with van der Waals surface area (Å²) in [6.45, 7) is 4.35. The zero-order chi connectivity index (χ0) is 20.0. The molecule has 2 rings (SSSR count). The number of esters is 1. The van der Waals surface area contributed by atoms with Crippen LogP contribution < -0.4 is 4.74 Å². The molecule has 0 aliphatic carbocycles. The lowest BCUT2D eigenvalue weighted by Crippen LogP contribution is -2.06. The van der Waals surface area contributed by atoms with Crippen molar-refractivity contribution in [2.45, 2.75) is 71.1 Å². The van der Waals surface area contributed by atoms with E-state index in [-0.39, 0.29) is 11.9 Å². The molecule has 0 aliphatic heterocycles. The van der Waals surface area contributed by atoms with E-state index in [1.54, 1.807) is 6.07 Å². The number of rotatable bonds is 12. The Kier molecular flexibility index (Phi) is 10.1. The molecular formula is C25H33NO2. The second-order valence-electron chi connectivity index (χ2n) is 7.23. The molecule has 1 aromatic carbocycles. The molecule has 1 unspecified atom stereocenters. The van der Waals surface area contributed by atoms with Crippen molar-refractivity contribution in [3.63, 3.8) is 0 Å². The van der Waals surface area contributed by atoms with Crippen LogP contribution in [0.1, 0.15) is 75.8 Å². The SMILES string of the molecule is CCCCCCCCc1ccc(OC(=O)/C=C/C(CC)c2ccccc2)nc1. The van der Waals surface area contributed by atoms with Crippen LogP contribution in [0.15, 0.2) is 60.8 Å². The minimum absolute atomic E-state index is 0.210. The lowest BCUT2D eigenvalue weighted by molar-refractivity contribution is -0.129. The van der Waals surface area contributed by atoms with Crippen molar-refractivity contribution in [3.05, 3.63) is 71.9 Å². The first-order chi connectivity index (χ1) is 13.7. The number of hydrogen-bond acceptors (Lipinski definition) is 3. The Bertz CT molecular complexity index is 707. The summed E-state index contributed by atoms with van der Waals surface area (Å²) in [4.78, 5) is 16.4. The number of carbonyl (C=O) groups is 1. The standard InChI is InChI=1S/C25H33NO2/c1-3-5-6-7-8-10-13-21-16-18-24(26-20-21)28-25(27)19-17-22(4-2)23-14-11-9-12-15-23/h9,11-12,14-20,22H,3-8,10,13H2,1-2H3/b19-17+. The number of carbonyl (C=O) groups excluding carboxylic acids is 1. The fourth-order valence-electron chi connectivity index (χ4n) is 3.24. The van der Waals surface area contributed by atoms with Gasteiger partial charge in [0.1, 0.15) is 0 Å². The van der Waals surface area contributed by atoms with Crippen LogP contribution >= 0.6 is 0 Å². The van der Waals surface area contributed by atoms with Crippen LogP contribution in [-0.4, -0.2) is 11.0 Å². The molecule has 0 radical (unpaired) electrons. The highest BCUT2D eigenvalue weighted by Gasteiger charge is 2.07. The van der Waals surface area contributed by atoms with E-state index in [0.29, 0.717) is 5.88 Å². The zero-order valence-electron chi connectivity index (χ0n) is 17.3. The summed E-state index contributed by atoms with van der Waals surface area (Å²) in [6.07, 6.45) is 14.9. The number of ether oxygens (including phenoxy) is 1. The van der Waals surface area contributed by atoms with Crippen molar-refractivity contribution in [1.29, 1.82) is 0 Å². The van der Waals surface area contributed by atoms with E-state index in [4.69, 9.17) is 4.74 Å². The molecule has 150 valence electrons. The molecule has 0 saturated heterocycles. The molecule has 0 spiro atoms. The number of pyridine rings is 1. The summed E-state index contributed by atoms with van der Waals surface area (Å²) in [5.74, 6) is 0.182. The number of unbranched alkanes of at least 4 members (excludes halogenated alkanes) is 5. The van der Waals surface area contributed by atoms with Crippen molar-refractivity contribution in [2.75, 3.05) is 0 Å². The number of allylic oxidation sites excluding steroid dienone is 1. The van der Waals surface area contributed by atoms with Gasteiger partial charge in [0.2, 0.25) is 5.88 Å². The van der Waals surface area contributed by atoms with E-state index in [9.17, 15) is 4.79 Å². The Morgan fingerprint density at radius 1 is 1.00 bits per heavy atom. The number of aryl methyl sites for hydroxylation is 1. The van der Waals surface area contributed by atoms with Gasteiger partial charge in [-0.25, -0.2) is 9.78 Å². The lowest BCUT2D eigenvalue weighted by Gasteiger charge is -2.09. The second kappa shape index (κ2) is 12.9. The van der Waals surface area contributed by atoms with E-state index < -0.39 is 0 Å². The maximum absolute atomic E-state index is 12.1. The normalized spacial score (nSPS) is 12.2. The summed E-state index contributed by atoms with van der Waals surface area (Å²) >= 11 is 0. The number of aromatic nitrogens is 1. The van der Waals surface area contributed by atoms with E-state index in [1.165, 1.54) is 55.7 Å². The molecule has 28 heavy (non-hydrogen) atoms. The van der Waals surface area contributed by atoms with Gasteiger partial charge in [-0.3, -0.25) is 0 Å². The Hall–Kier alpha value is -2.42. The smallest absolute Gasteiger partial charge is 0.337 e. The van der Waals surface area contributed by atoms with Gasteiger partial charge < -0.3 is 4.74 Å². The van der Waals surface area contributed by atoms with Gasteiger partial charge in [0.25, 0.3) is 0 Å². The highest BCUT2D eigenvalue weighted by atomic mass is 16.5. The van der Waals surface area contributed by atoms with Crippen LogP contribution in [0.4, 0.5) is 0 Å². The molecule has 0 amide bonds. The molecule has 1 atom stereocenters. The van der Waals surface area contributed by atoms with Gasteiger partial charge in [-0.05, 0) is 30.4 Å². The Balaban J connectivity index is 1.77. The van der Waals surface area contributed by atoms with Gasteiger partial charge in [0.15, 0.2) is 0 Å². The molecule has 1 aromatic heterocycles. The second-order valence-corrected chi connectivity index (χ2v) is 7.23. The highest BCUT2D eigenvalue weighted by Crippen LogP contribution is 2.20. The van der Waals surface area contributed by atoms with E-state index in [0.717, 1.165) is 12.8 Å². The molecule has 1 heterocycles.